The largest absolute Gasteiger partial charge is 0.399 e. The number of anilines is 1. The summed E-state index contributed by atoms with van der Waals surface area (Å²) in [6.07, 6.45) is 3.50. The lowest BCUT2D eigenvalue weighted by Crippen LogP contribution is -2.47. The van der Waals surface area contributed by atoms with Crippen LogP contribution in [0, 0.1) is 5.92 Å². The first kappa shape index (κ1) is 14.9. The molecule has 0 radical (unpaired) electrons. The second kappa shape index (κ2) is 5.86. The van der Waals surface area contributed by atoms with Crippen molar-refractivity contribution >= 4 is 11.6 Å². The fourth-order valence-corrected chi connectivity index (χ4v) is 2.96. The van der Waals surface area contributed by atoms with Crippen molar-refractivity contribution < 1.29 is 4.79 Å². The zero-order chi connectivity index (χ0) is 14.8. The molecule has 0 spiro atoms. The van der Waals surface area contributed by atoms with Crippen molar-refractivity contribution in [2.24, 2.45) is 5.92 Å². The van der Waals surface area contributed by atoms with E-state index in [4.69, 9.17) is 5.73 Å². The Kier molecular flexibility index (Phi) is 4.36. The molecule has 1 aromatic rings. The number of likely N-dealkylation sites (tertiary alicyclic amines) is 1. The van der Waals surface area contributed by atoms with Crippen LogP contribution in [0.3, 0.4) is 0 Å². The van der Waals surface area contributed by atoms with Crippen molar-refractivity contribution in [2.45, 2.75) is 45.4 Å². The summed E-state index contributed by atoms with van der Waals surface area (Å²) in [5, 5.41) is 0. The molecule has 1 aromatic carbocycles. The fraction of sp³-hybridized carbons (Fsp3) is 0.588. The quantitative estimate of drug-likeness (QED) is 0.860. The van der Waals surface area contributed by atoms with Crippen molar-refractivity contribution in [1.29, 1.82) is 0 Å². The summed E-state index contributed by atoms with van der Waals surface area (Å²) in [5.74, 6) is 1.02. The molecule has 2 N–H and O–H groups in total. The second-order valence-electron chi connectivity index (χ2n) is 6.39. The summed E-state index contributed by atoms with van der Waals surface area (Å²) in [6.45, 7) is 8.05. The summed E-state index contributed by atoms with van der Waals surface area (Å²) in [7, 11) is 0. The Morgan fingerprint density at radius 1 is 1.25 bits per heavy atom. The topological polar surface area (TPSA) is 46.3 Å². The number of hydrogen-bond donors (Lipinski definition) is 1. The van der Waals surface area contributed by atoms with Crippen LogP contribution >= 0.6 is 0 Å². The molecule has 0 aliphatic carbocycles. The third-order valence-corrected chi connectivity index (χ3v) is 4.65. The summed E-state index contributed by atoms with van der Waals surface area (Å²) in [5.41, 5.74) is 7.02. The zero-order valence-corrected chi connectivity index (χ0v) is 12.9. The van der Waals surface area contributed by atoms with Gasteiger partial charge in [0.05, 0.1) is 5.41 Å². The summed E-state index contributed by atoms with van der Waals surface area (Å²) >= 11 is 0. The number of hydrogen-bond acceptors (Lipinski definition) is 2. The molecule has 2 rings (SSSR count). The third-order valence-electron chi connectivity index (χ3n) is 4.65. The zero-order valence-electron chi connectivity index (χ0n) is 12.9. The summed E-state index contributed by atoms with van der Waals surface area (Å²) < 4.78 is 0. The van der Waals surface area contributed by atoms with Gasteiger partial charge in [0.1, 0.15) is 0 Å². The van der Waals surface area contributed by atoms with Crippen molar-refractivity contribution in [3.05, 3.63) is 29.8 Å². The number of carbonyl (C=O) groups excluding carboxylic acids is 1. The van der Waals surface area contributed by atoms with E-state index in [0.29, 0.717) is 0 Å². The van der Waals surface area contributed by atoms with Gasteiger partial charge in [0.25, 0.3) is 0 Å². The molecule has 20 heavy (non-hydrogen) atoms. The predicted octanol–water partition coefficient (Wildman–Crippen LogP) is 3.20. The number of piperidine rings is 1. The fourth-order valence-electron chi connectivity index (χ4n) is 2.96. The van der Waals surface area contributed by atoms with E-state index in [2.05, 4.69) is 6.92 Å². The molecule has 0 unspecified atom stereocenters. The van der Waals surface area contributed by atoms with E-state index < -0.39 is 5.41 Å². The molecular weight excluding hydrogens is 248 g/mol. The number of nitrogen functional groups attached to an aromatic ring is 1. The van der Waals surface area contributed by atoms with E-state index >= 15 is 0 Å². The minimum Gasteiger partial charge on any atom is -0.399 e. The molecule has 1 amide bonds. The molecular formula is C17H26N2O. The molecule has 1 saturated heterocycles. The van der Waals surface area contributed by atoms with Gasteiger partial charge in [-0.05, 0) is 50.3 Å². The molecule has 110 valence electrons. The molecule has 0 bridgehead atoms. The summed E-state index contributed by atoms with van der Waals surface area (Å²) in [4.78, 5) is 14.8. The van der Waals surface area contributed by atoms with Gasteiger partial charge in [0.15, 0.2) is 0 Å². The molecule has 0 saturated carbocycles. The molecule has 3 heteroatoms. The second-order valence-corrected chi connectivity index (χ2v) is 6.39. The maximum atomic E-state index is 12.8. The molecule has 1 heterocycles. The smallest absolute Gasteiger partial charge is 0.232 e. The number of amides is 1. The van der Waals surface area contributed by atoms with Gasteiger partial charge >= 0.3 is 0 Å². The Hall–Kier alpha value is -1.51. The molecule has 0 atom stereocenters. The van der Waals surface area contributed by atoms with Crippen molar-refractivity contribution in [2.75, 3.05) is 18.8 Å². The van der Waals surface area contributed by atoms with Crippen LogP contribution in [0.25, 0.3) is 0 Å². The summed E-state index contributed by atoms with van der Waals surface area (Å²) in [6, 6.07) is 7.67. The van der Waals surface area contributed by atoms with E-state index in [1.807, 2.05) is 43.0 Å². The van der Waals surface area contributed by atoms with Crippen molar-refractivity contribution in [3.63, 3.8) is 0 Å². The Labute approximate surface area is 122 Å². The predicted molar refractivity (Wildman–Crippen MR) is 83.5 cm³/mol. The van der Waals surface area contributed by atoms with Crippen LogP contribution in [-0.4, -0.2) is 23.9 Å². The van der Waals surface area contributed by atoms with E-state index in [0.717, 1.165) is 43.1 Å². The molecule has 1 aliphatic rings. The number of benzene rings is 1. The van der Waals surface area contributed by atoms with Gasteiger partial charge in [0, 0.05) is 18.8 Å². The van der Waals surface area contributed by atoms with Gasteiger partial charge < -0.3 is 10.6 Å². The van der Waals surface area contributed by atoms with Gasteiger partial charge in [-0.2, -0.15) is 0 Å². The molecule has 1 fully saturated rings. The Morgan fingerprint density at radius 2 is 1.80 bits per heavy atom. The first-order valence-electron chi connectivity index (χ1n) is 7.60. The van der Waals surface area contributed by atoms with Crippen LogP contribution in [0.5, 0.6) is 0 Å². The molecule has 1 aliphatic heterocycles. The van der Waals surface area contributed by atoms with Crippen LogP contribution in [0.2, 0.25) is 0 Å². The van der Waals surface area contributed by atoms with Crippen LogP contribution in [0.15, 0.2) is 24.3 Å². The Balaban J connectivity index is 2.09. The van der Waals surface area contributed by atoms with E-state index in [9.17, 15) is 4.79 Å². The van der Waals surface area contributed by atoms with Crippen LogP contribution in [0.4, 0.5) is 5.69 Å². The standard InChI is InChI=1S/C17H26N2O/c1-4-13-9-11-19(12-10-13)16(20)17(2,3)14-5-7-15(18)8-6-14/h5-8,13H,4,9-12,18H2,1-3H3. The normalized spacial score (nSPS) is 17.2. The van der Waals surface area contributed by atoms with Crippen LogP contribution in [-0.2, 0) is 10.2 Å². The number of rotatable bonds is 3. The third kappa shape index (κ3) is 2.97. The minimum atomic E-state index is -0.479. The molecule has 0 aromatic heterocycles. The Bertz CT molecular complexity index is 456. The van der Waals surface area contributed by atoms with E-state index in [1.165, 1.54) is 6.42 Å². The van der Waals surface area contributed by atoms with Crippen LogP contribution in [0.1, 0.15) is 45.6 Å². The lowest BCUT2D eigenvalue weighted by molar-refractivity contribution is -0.137. The lowest BCUT2D eigenvalue weighted by Gasteiger charge is -2.37. The lowest BCUT2D eigenvalue weighted by atomic mass is 9.82. The van der Waals surface area contributed by atoms with Crippen molar-refractivity contribution in [1.82, 2.24) is 4.90 Å². The number of nitrogens with two attached hydrogens (primary N) is 1. The highest BCUT2D eigenvalue weighted by Crippen LogP contribution is 2.29. The monoisotopic (exact) mass is 274 g/mol. The van der Waals surface area contributed by atoms with Gasteiger partial charge in [-0.3, -0.25) is 4.79 Å². The van der Waals surface area contributed by atoms with Gasteiger partial charge in [-0.25, -0.2) is 0 Å². The average Bonchev–Trinajstić information content (AvgIpc) is 2.47. The first-order valence-corrected chi connectivity index (χ1v) is 7.60. The SMILES string of the molecule is CCC1CCN(C(=O)C(C)(C)c2ccc(N)cc2)CC1. The maximum Gasteiger partial charge on any atom is 0.232 e. The highest BCUT2D eigenvalue weighted by molar-refractivity contribution is 5.87. The van der Waals surface area contributed by atoms with Gasteiger partial charge in [0.2, 0.25) is 5.91 Å². The Morgan fingerprint density at radius 3 is 2.30 bits per heavy atom. The molecule has 3 nitrogen and oxygen atoms in total. The van der Waals surface area contributed by atoms with Crippen LogP contribution < -0.4 is 5.73 Å². The maximum absolute atomic E-state index is 12.8. The van der Waals surface area contributed by atoms with Gasteiger partial charge in [-0.15, -0.1) is 0 Å². The number of nitrogens with zero attached hydrogens (tertiary/aromatic N) is 1. The highest BCUT2D eigenvalue weighted by Gasteiger charge is 2.35. The van der Waals surface area contributed by atoms with Crippen molar-refractivity contribution in [3.8, 4) is 0 Å². The van der Waals surface area contributed by atoms with E-state index in [1.54, 1.807) is 0 Å². The van der Waals surface area contributed by atoms with E-state index in [-0.39, 0.29) is 5.91 Å². The first-order chi connectivity index (χ1) is 9.45. The van der Waals surface area contributed by atoms with Gasteiger partial charge in [-0.1, -0.05) is 25.5 Å². The minimum absolute atomic E-state index is 0.233. The average molecular weight is 274 g/mol. The number of carbonyl (C=O) groups is 1. The highest BCUT2D eigenvalue weighted by atomic mass is 16.2.